The first kappa shape index (κ1) is 32.8. The molecule has 5 rings (SSSR count). The molecular weight excluding hydrogens is 540 g/mol. The molecule has 0 radical (unpaired) electrons. The Morgan fingerprint density at radius 3 is 2.12 bits per heavy atom. The van der Waals surface area contributed by atoms with E-state index in [4.69, 9.17) is 9.47 Å². The van der Waals surface area contributed by atoms with Gasteiger partial charge in [-0.25, -0.2) is 0 Å². The second-order valence-electron chi connectivity index (χ2n) is 18.0. The Morgan fingerprint density at radius 1 is 0.837 bits per heavy atom. The average Bonchev–Trinajstić information content (AvgIpc) is 3.31. The van der Waals surface area contributed by atoms with Crippen LogP contribution in [-0.2, 0) is 23.9 Å². The van der Waals surface area contributed by atoms with Gasteiger partial charge >= 0.3 is 17.9 Å². The molecule has 6 nitrogen and oxygen atoms in total. The van der Waals surface area contributed by atoms with E-state index >= 15 is 0 Å². The normalized spacial score (nSPS) is 45.3. The molecule has 5 saturated carbocycles. The van der Waals surface area contributed by atoms with Crippen LogP contribution in [0.2, 0.25) is 0 Å². The molecule has 5 aliphatic rings. The maximum atomic E-state index is 13.5. The zero-order valence-electron chi connectivity index (χ0n) is 28.8. The molecular formula is C37H60O6. The van der Waals surface area contributed by atoms with E-state index in [1.807, 2.05) is 0 Å². The van der Waals surface area contributed by atoms with Gasteiger partial charge in [0.05, 0.1) is 24.4 Å². The molecule has 0 saturated heterocycles. The molecule has 0 unspecified atom stereocenters. The van der Waals surface area contributed by atoms with Crippen molar-refractivity contribution >= 4 is 17.9 Å². The first-order chi connectivity index (χ1) is 19.8. The Bertz CT molecular complexity index is 1140. The molecule has 6 heteroatoms. The number of rotatable bonds is 6. The molecule has 0 aromatic rings. The smallest absolute Gasteiger partial charge is 0.312 e. The van der Waals surface area contributed by atoms with Crippen molar-refractivity contribution in [2.24, 2.45) is 68.0 Å². The molecule has 0 heterocycles. The molecule has 5 fully saturated rings. The van der Waals surface area contributed by atoms with Crippen LogP contribution in [0, 0.1) is 68.0 Å². The third kappa shape index (κ3) is 4.55. The van der Waals surface area contributed by atoms with E-state index in [1.54, 1.807) is 21.0 Å². The van der Waals surface area contributed by atoms with Crippen molar-refractivity contribution in [2.75, 3.05) is 7.11 Å². The SMILES string of the molecule is COC(=O)[C@]12CC[C@@H](C(C)C)[C@@H]1[C@H]1CC[C@@H]3[C@@]4(C)CC[C@H](OC(=O)CC(C)(C)C(=O)O)C(C)(C)[C@@H]4CC[C@@]3(C)[C@]1(C)CC2. The van der Waals surface area contributed by atoms with Gasteiger partial charge in [-0.3, -0.25) is 14.4 Å². The summed E-state index contributed by atoms with van der Waals surface area (Å²) in [5.41, 5.74) is -1.10. The van der Waals surface area contributed by atoms with Crippen molar-refractivity contribution in [2.45, 2.75) is 139 Å². The van der Waals surface area contributed by atoms with Gasteiger partial charge < -0.3 is 14.6 Å². The van der Waals surface area contributed by atoms with Crippen LogP contribution < -0.4 is 0 Å². The summed E-state index contributed by atoms with van der Waals surface area (Å²) < 4.78 is 11.7. The second-order valence-corrected chi connectivity index (χ2v) is 18.0. The molecule has 10 atom stereocenters. The first-order valence-corrected chi connectivity index (χ1v) is 17.3. The van der Waals surface area contributed by atoms with Crippen LogP contribution in [0.15, 0.2) is 0 Å². The summed E-state index contributed by atoms with van der Waals surface area (Å²) in [6.07, 6.45) is 10.4. The molecule has 5 aliphatic carbocycles. The number of hydrogen-bond donors (Lipinski definition) is 1. The van der Waals surface area contributed by atoms with Gasteiger partial charge in [0, 0.05) is 5.41 Å². The number of carboxylic acid groups (broad SMARTS) is 1. The molecule has 0 aromatic carbocycles. The summed E-state index contributed by atoms with van der Waals surface area (Å²) in [7, 11) is 1.59. The fourth-order valence-electron chi connectivity index (χ4n) is 12.8. The number of aliphatic carboxylic acids is 1. The number of ether oxygens (including phenoxy) is 2. The fourth-order valence-corrected chi connectivity index (χ4v) is 12.8. The van der Waals surface area contributed by atoms with E-state index in [1.165, 1.54) is 19.3 Å². The van der Waals surface area contributed by atoms with Crippen molar-refractivity contribution in [1.29, 1.82) is 0 Å². The van der Waals surface area contributed by atoms with Crippen molar-refractivity contribution in [3.8, 4) is 0 Å². The zero-order chi connectivity index (χ0) is 32.0. The van der Waals surface area contributed by atoms with E-state index in [2.05, 4.69) is 48.5 Å². The van der Waals surface area contributed by atoms with Crippen molar-refractivity contribution in [3.63, 3.8) is 0 Å². The van der Waals surface area contributed by atoms with Crippen LogP contribution >= 0.6 is 0 Å². The summed E-state index contributed by atoms with van der Waals surface area (Å²) in [5.74, 6) is 1.80. The van der Waals surface area contributed by atoms with Gasteiger partial charge in [0.1, 0.15) is 6.10 Å². The molecule has 43 heavy (non-hydrogen) atoms. The number of methoxy groups -OCH3 is 1. The molecule has 0 bridgehead atoms. The van der Waals surface area contributed by atoms with Gasteiger partial charge in [-0.15, -0.1) is 0 Å². The number of hydrogen-bond acceptors (Lipinski definition) is 5. The lowest BCUT2D eigenvalue weighted by molar-refractivity contribution is -0.252. The third-order valence-corrected chi connectivity index (χ3v) is 15.3. The number of carboxylic acids is 1. The Hall–Kier alpha value is -1.59. The minimum Gasteiger partial charge on any atom is -0.481 e. The molecule has 0 aliphatic heterocycles. The monoisotopic (exact) mass is 600 g/mol. The summed E-state index contributed by atoms with van der Waals surface area (Å²) in [6, 6.07) is 0. The molecule has 0 aromatic heterocycles. The summed E-state index contributed by atoms with van der Waals surface area (Å²) in [6.45, 7) is 20.3. The largest absolute Gasteiger partial charge is 0.481 e. The maximum absolute atomic E-state index is 13.5. The summed E-state index contributed by atoms with van der Waals surface area (Å²) in [5, 5.41) is 9.54. The third-order valence-electron chi connectivity index (χ3n) is 15.3. The van der Waals surface area contributed by atoms with Gasteiger partial charge in [-0.05, 0) is 130 Å². The second kappa shape index (κ2) is 10.5. The van der Waals surface area contributed by atoms with Crippen LogP contribution in [0.3, 0.4) is 0 Å². The van der Waals surface area contributed by atoms with Gasteiger partial charge in [0.25, 0.3) is 0 Å². The highest BCUT2D eigenvalue weighted by molar-refractivity contribution is 5.81. The maximum Gasteiger partial charge on any atom is 0.312 e. The van der Waals surface area contributed by atoms with Gasteiger partial charge in [-0.2, -0.15) is 0 Å². The van der Waals surface area contributed by atoms with Crippen LogP contribution in [-0.4, -0.2) is 36.2 Å². The predicted molar refractivity (Wildman–Crippen MR) is 167 cm³/mol. The van der Waals surface area contributed by atoms with E-state index in [0.717, 1.165) is 44.9 Å². The number of carbonyl (C=O) groups is 3. The quantitative estimate of drug-likeness (QED) is 0.308. The fraction of sp³-hybridized carbons (Fsp3) is 0.919. The van der Waals surface area contributed by atoms with Crippen molar-refractivity contribution in [1.82, 2.24) is 0 Å². The Morgan fingerprint density at radius 2 is 1.51 bits per heavy atom. The van der Waals surface area contributed by atoms with Crippen LogP contribution in [0.1, 0.15) is 133 Å². The molecule has 244 valence electrons. The Kier molecular flexibility index (Phi) is 7.99. The molecule has 0 amide bonds. The van der Waals surface area contributed by atoms with E-state index in [9.17, 15) is 19.5 Å². The highest BCUT2D eigenvalue weighted by atomic mass is 16.5. The van der Waals surface area contributed by atoms with Crippen molar-refractivity contribution in [3.05, 3.63) is 0 Å². The van der Waals surface area contributed by atoms with Gasteiger partial charge in [0.2, 0.25) is 0 Å². The van der Waals surface area contributed by atoms with Crippen LogP contribution in [0.25, 0.3) is 0 Å². The summed E-state index contributed by atoms with van der Waals surface area (Å²) >= 11 is 0. The van der Waals surface area contributed by atoms with E-state index in [-0.39, 0.29) is 45.6 Å². The van der Waals surface area contributed by atoms with Gasteiger partial charge in [0.15, 0.2) is 0 Å². The van der Waals surface area contributed by atoms with Gasteiger partial charge in [-0.1, -0.05) is 48.5 Å². The van der Waals surface area contributed by atoms with Crippen molar-refractivity contribution < 1.29 is 29.0 Å². The average molecular weight is 601 g/mol. The number of esters is 2. The topological polar surface area (TPSA) is 89.9 Å². The highest BCUT2D eigenvalue weighted by Gasteiger charge is 2.72. The first-order valence-electron chi connectivity index (χ1n) is 17.3. The summed E-state index contributed by atoms with van der Waals surface area (Å²) in [4.78, 5) is 38.1. The number of fused-ring (bicyclic) bond motifs is 7. The zero-order valence-corrected chi connectivity index (χ0v) is 28.8. The molecule has 0 spiro atoms. The minimum absolute atomic E-state index is 0.0482. The van der Waals surface area contributed by atoms with E-state index in [0.29, 0.717) is 35.5 Å². The molecule has 1 N–H and O–H groups in total. The standard InChI is InChI=1S/C37H60O6/c1-22(2)23-13-18-37(31(41)42-10)20-19-35(8)24(29(23)37)11-12-26-34(7)16-15-27(43-28(38)21-32(3,4)30(39)40)33(5,6)25(34)14-17-36(26,35)9/h22-27,29H,11-21H2,1-10H3,(H,39,40)/t23-,24+,25-,26+,27-,29+,34-,35+,36+,37-/m0/s1. The lowest BCUT2D eigenvalue weighted by Crippen LogP contribution is -2.67. The Labute approximate surface area is 260 Å². The number of carbonyl (C=O) groups excluding carboxylic acids is 2. The Balaban J connectivity index is 1.42. The lowest BCUT2D eigenvalue weighted by atomic mass is 9.32. The van der Waals surface area contributed by atoms with Crippen LogP contribution in [0.5, 0.6) is 0 Å². The predicted octanol–water partition coefficient (Wildman–Crippen LogP) is 8.31. The van der Waals surface area contributed by atoms with E-state index < -0.39 is 17.4 Å². The minimum atomic E-state index is -1.13. The lowest BCUT2D eigenvalue weighted by Gasteiger charge is -2.72. The highest BCUT2D eigenvalue weighted by Crippen LogP contribution is 2.77. The van der Waals surface area contributed by atoms with Crippen LogP contribution in [0.4, 0.5) is 0 Å².